The van der Waals surface area contributed by atoms with Gasteiger partial charge in [0.25, 0.3) is 0 Å². The first-order valence-electron chi connectivity index (χ1n) is 9.90. The first-order valence-corrected chi connectivity index (χ1v) is 9.90. The van der Waals surface area contributed by atoms with Gasteiger partial charge in [-0.05, 0) is 25.5 Å². The Morgan fingerprint density at radius 3 is 2.64 bits per heavy atom. The first-order chi connectivity index (χ1) is 13.6. The number of nitrogens with zero attached hydrogens (tertiary/aromatic N) is 3. The molecule has 0 saturated carbocycles. The van der Waals surface area contributed by atoms with Crippen LogP contribution in [-0.2, 0) is 16.1 Å². The van der Waals surface area contributed by atoms with Crippen LogP contribution in [0.15, 0.2) is 48.7 Å². The highest BCUT2D eigenvalue weighted by atomic mass is 16.2. The number of carbonyl (C=O) groups excluding carboxylic acids is 2. The standard InChI is InChI=1S/C22H28N4O2/c1-3-25(4-2)22-18(11-8-12-23-22)14-24-20(27)16-26-15-19(13-21(26)28)17-9-6-5-7-10-17/h5-12,19H,3-4,13-16H2,1-2H3,(H,24,27)/t19-/m1/s1. The number of nitrogens with one attached hydrogen (secondary N) is 1. The fourth-order valence-corrected chi connectivity index (χ4v) is 3.67. The smallest absolute Gasteiger partial charge is 0.239 e. The molecule has 0 aliphatic carbocycles. The maximum Gasteiger partial charge on any atom is 0.239 e. The molecule has 0 spiro atoms. The fourth-order valence-electron chi connectivity index (χ4n) is 3.67. The van der Waals surface area contributed by atoms with Gasteiger partial charge in [-0.2, -0.15) is 0 Å². The van der Waals surface area contributed by atoms with Gasteiger partial charge in [-0.15, -0.1) is 0 Å². The second kappa shape index (κ2) is 9.35. The quantitative estimate of drug-likeness (QED) is 0.764. The molecule has 0 bridgehead atoms. The van der Waals surface area contributed by atoms with Gasteiger partial charge in [0.2, 0.25) is 11.8 Å². The van der Waals surface area contributed by atoms with Crippen LogP contribution in [0.25, 0.3) is 0 Å². The van der Waals surface area contributed by atoms with Crippen molar-refractivity contribution in [3.05, 3.63) is 59.8 Å². The summed E-state index contributed by atoms with van der Waals surface area (Å²) in [5.41, 5.74) is 2.13. The number of pyridine rings is 1. The third-order valence-corrected chi connectivity index (χ3v) is 5.23. The van der Waals surface area contributed by atoms with Crippen molar-refractivity contribution in [1.29, 1.82) is 0 Å². The number of anilines is 1. The largest absolute Gasteiger partial charge is 0.357 e. The van der Waals surface area contributed by atoms with Gasteiger partial charge in [0, 0.05) is 50.3 Å². The van der Waals surface area contributed by atoms with Gasteiger partial charge in [-0.25, -0.2) is 4.98 Å². The summed E-state index contributed by atoms with van der Waals surface area (Å²) in [5.74, 6) is 0.953. The topological polar surface area (TPSA) is 65.5 Å². The summed E-state index contributed by atoms with van der Waals surface area (Å²) in [7, 11) is 0. The predicted octanol–water partition coefficient (Wildman–Crippen LogP) is 2.56. The molecule has 2 amide bonds. The number of aromatic nitrogens is 1. The molecule has 0 unspecified atom stereocenters. The molecule has 3 rings (SSSR count). The molecule has 6 heteroatoms. The van der Waals surface area contributed by atoms with Crippen LogP contribution >= 0.6 is 0 Å². The van der Waals surface area contributed by atoms with Crippen LogP contribution in [0.4, 0.5) is 5.82 Å². The third-order valence-electron chi connectivity index (χ3n) is 5.23. The first kappa shape index (κ1) is 19.9. The van der Waals surface area contributed by atoms with E-state index < -0.39 is 0 Å². The van der Waals surface area contributed by atoms with Crippen molar-refractivity contribution in [2.45, 2.75) is 32.7 Å². The second-order valence-corrected chi connectivity index (χ2v) is 7.02. The van der Waals surface area contributed by atoms with Gasteiger partial charge >= 0.3 is 0 Å². The summed E-state index contributed by atoms with van der Waals surface area (Å²) in [6, 6.07) is 13.9. The van der Waals surface area contributed by atoms with E-state index in [2.05, 4.69) is 29.0 Å². The minimum Gasteiger partial charge on any atom is -0.357 e. The average Bonchev–Trinajstić information content (AvgIpc) is 3.09. The number of benzene rings is 1. The van der Waals surface area contributed by atoms with Crippen molar-refractivity contribution in [1.82, 2.24) is 15.2 Å². The molecule has 1 aliphatic heterocycles. The molecule has 6 nitrogen and oxygen atoms in total. The van der Waals surface area contributed by atoms with E-state index in [9.17, 15) is 9.59 Å². The fraction of sp³-hybridized carbons (Fsp3) is 0.409. The number of carbonyl (C=O) groups is 2. The lowest BCUT2D eigenvalue weighted by atomic mass is 9.99. The van der Waals surface area contributed by atoms with Crippen LogP contribution in [0.5, 0.6) is 0 Å². The molecular weight excluding hydrogens is 352 g/mol. The zero-order valence-corrected chi connectivity index (χ0v) is 16.6. The zero-order valence-electron chi connectivity index (χ0n) is 16.6. The van der Waals surface area contributed by atoms with Crippen LogP contribution in [0.3, 0.4) is 0 Å². The SMILES string of the molecule is CCN(CC)c1ncccc1CNC(=O)CN1C[C@H](c2ccccc2)CC1=O. The molecule has 0 radical (unpaired) electrons. The Morgan fingerprint density at radius 1 is 1.18 bits per heavy atom. The van der Waals surface area contributed by atoms with Gasteiger partial charge in [0.15, 0.2) is 0 Å². The summed E-state index contributed by atoms with van der Waals surface area (Å²) >= 11 is 0. The molecule has 1 fully saturated rings. The van der Waals surface area contributed by atoms with Crippen molar-refractivity contribution in [3.63, 3.8) is 0 Å². The van der Waals surface area contributed by atoms with Crippen molar-refractivity contribution >= 4 is 17.6 Å². The monoisotopic (exact) mass is 380 g/mol. The Labute approximate surface area is 166 Å². The van der Waals surface area contributed by atoms with Crippen molar-refractivity contribution in [2.75, 3.05) is 31.1 Å². The Morgan fingerprint density at radius 2 is 1.93 bits per heavy atom. The van der Waals surface area contributed by atoms with Crippen LogP contribution in [-0.4, -0.2) is 47.9 Å². The van der Waals surface area contributed by atoms with E-state index in [1.807, 2.05) is 42.5 Å². The molecule has 148 valence electrons. The van der Waals surface area contributed by atoms with E-state index >= 15 is 0 Å². The Bertz CT molecular complexity index is 805. The summed E-state index contributed by atoms with van der Waals surface area (Å²) < 4.78 is 0. The van der Waals surface area contributed by atoms with E-state index in [-0.39, 0.29) is 24.3 Å². The summed E-state index contributed by atoms with van der Waals surface area (Å²) in [6.07, 6.45) is 2.23. The number of likely N-dealkylation sites (tertiary alicyclic amines) is 1. The third kappa shape index (κ3) is 4.68. The molecule has 1 atom stereocenters. The molecule has 1 aliphatic rings. The zero-order chi connectivity index (χ0) is 19.9. The highest BCUT2D eigenvalue weighted by Gasteiger charge is 2.31. The van der Waals surface area contributed by atoms with Gasteiger partial charge < -0.3 is 15.1 Å². The highest BCUT2D eigenvalue weighted by Crippen LogP contribution is 2.27. The van der Waals surface area contributed by atoms with Gasteiger partial charge in [0.1, 0.15) is 5.82 Å². The summed E-state index contributed by atoms with van der Waals surface area (Å²) in [4.78, 5) is 33.0. The Hall–Kier alpha value is -2.89. The molecule has 2 heterocycles. The second-order valence-electron chi connectivity index (χ2n) is 7.02. The van der Waals surface area contributed by atoms with Crippen molar-refractivity contribution < 1.29 is 9.59 Å². The number of hydrogen-bond acceptors (Lipinski definition) is 4. The summed E-state index contributed by atoms with van der Waals surface area (Å²) in [6.45, 7) is 6.99. The Kier molecular flexibility index (Phi) is 6.63. The number of rotatable bonds is 8. The molecule has 2 aromatic rings. The van der Waals surface area contributed by atoms with E-state index in [0.29, 0.717) is 19.5 Å². The van der Waals surface area contributed by atoms with Gasteiger partial charge in [0.05, 0.1) is 6.54 Å². The van der Waals surface area contributed by atoms with Gasteiger partial charge in [-0.1, -0.05) is 36.4 Å². The lowest BCUT2D eigenvalue weighted by molar-refractivity contribution is -0.133. The van der Waals surface area contributed by atoms with E-state index in [1.54, 1.807) is 11.1 Å². The van der Waals surface area contributed by atoms with E-state index in [1.165, 1.54) is 0 Å². The summed E-state index contributed by atoms with van der Waals surface area (Å²) in [5, 5.41) is 2.94. The van der Waals surface area contributed by atoms with Crippen LogP contribution < -0.4 is 10.2 Å². The average molecular weight is 380 g/mol. The maximum absolute atomic E-state index is 12.4. The minimum absolute atomic E-state index is 0.0363. The van der Waals surface area contributed by atoms with Crippen molar-refractivity contribution in [3.8, 4) is 0 Å². The molecule has 1 N–H and O–H groups in total. The molecule has 1 aromatic carbocycles. The predicted molar refractivity (Wildman–Crippen MR) is 110 cm³/mol. The van der Waals surface area contributed by atoms with E-state index in [4.69, 9.17) is 0 Å². The van der Waals surface area contributed by atoms with E-state index in [0.717, 1.165) is 30.0 Å². The number of amides is 2. The highest BCUT2D eigenvalue weighted by molar-refractivity contribution is 5.86. The molecule has 1 aromatic heterocycles. The van der Waals surface area contributed by atoms with Crippen molar-refractivity contribution in [2.24, 2.45) is 0 Å². The Balaban J connectivity index is 1.56. The maximum atomic E-state index is 12.4. The lowest BCUT2D eigenvalue weighted by Crippen LogP contribution is -2.38. The molecule has 1 saturated heterocycles. The normalized spacial score (nSPS) is 16.3. The number of hydrogen-bond donors (Lipinski definition) is 1. The molecule has 28 heavy (non-hydrogen) atoms. The molecular formula is C22H28N4O2. The van der Waals surface area contributed by atoms with Crippen LogP contribution in [0.2, 0.25) is 0 Å². The van der Waals surface area contributed by atoms with Crippen LogP contribution in [0.1, 0.15) is 37.3 Å². The van der Waals surface area contributed by atoms with Gasteiger partial charge in [-0.3, -0.25) is 9.59 Å². The minimum atomic E-state index is -0.142. The van der Waals surface area contributed by atoms with Crippen LogP contribution in [0, 0.1) is 0 Å². The lowest BCUT2D eigenvalue weighted by Gasteiger charge is -2.23.